The Balaban J connectivity index is 1.15. The minimum atomic E-state index is -5.30. The number of rotatable bonds is 11. The highest BCUT2D eigenvalue weighted by Crippen LogP contribution is 2.47. The Hall–Kier alpha value is -3.54. The van der Waals surface area contributed by atoms with Gasteiger partial charge in [0.15, 0.2) is 23.9 Å². The van der Waals surface area contributed by atoms with E-state index in [1.165, 1.54) is 21.1 Å². The second kappa shape index (κ2) is 23.2. The molecular formula is C54H79F3N2O15. The van der Waals surface area contributed by atoms with E-state index >= 15 is 0 Å². The number of carbonyl (C=O) groups is 3. The Kier molecular flexibility index (Phi) is 18.2. The molecule has 0 saturated carbocycles. The molecule has 6 heterocycles. The Morgan fingerprint density at radius 2 is 1.65 bits per heavy atom. The van der Waals surface area contributed by atoms with Gasteiger partial charge in [0.05, 0.1) is 49.3 Å². The minimum absolute atomic E-state index is 0.0354. The van der Waals surface area contributed by atoms with E-state index < -0.39 is 126 Å². The smallest absolute Gasteiger partial charge is 0.462 e. The quantitative estimate of drug-likeness (QED) is 0.139. The van der Waals surface area contributed by atoms with Gasteiger partial charge in [0.1, 0.15) is 35.9 Å². The number of aliphatic hydroxyl groups is 2. The fraction of sp³-hybridized carbons (Fsp3) is 0.759. The second-order valence-electron chi connectivity index (χ2n) is 21.8. The van der Waals surface area contributed by atoms with E-state index in [9.17, 15) is 37.8 Å². The lowest BCUT2D eigenvalue weighted by molar-refractivity contribution is -0.316. The van der Waals surface area contributed by atoms with Crippen molar-refractivity contribution in [2.24, 2.45) is 23.7 Å². The molecule has 7 aliphatic rings. The molecule has 4 fully saturated rings. The molecule has 0 aromatic carbocycles. The molecule has 0 aromatic heterocycles. The third-order valence-corrected chi connectivity index (χ3v) is 16.1. The molecule has 6 aliphatic heterocycles. The number of ether oxygens (including phenoxy) is 10. The molecule has 0 aromatic rings. The van der Waals surface area contributed by atoms with Crippen LogP contribution in [0.4, 0.5) is 13.2 Å². The molecule has 20 heteroatoms. The van der Waals surface area contributed by atoms with Crippen LogP contribution in [-0.2, 0) is 61.8 Å². The number of esters is 1. The topological polar surface area (TPSA) is 208 Å². The van der Waals surface area contributed by atoms with Crippen molar-refractivity contribution in [1.29, 1.82) is 0 Å². The van der Waals surface area contributed by atoms with Crippen LogP contribution in [0.15, 0.2) is 59.3 Å². The first-order valence-corrected chi connectivity index (χ1v) is 26.2. The number of amides is 2. The number of allylic oxidation sites excluding steroid dienone is 2. The van der Waals surface area contributed by atoms with Gasteiger partial charge in [0.25, 0.3) is 5.91 Å². The average molecular weight is 1050 g/mol. The van der Waals surface area contributed by atoms with E-state index in [0.717, 1.165) is 12.0 Å². The highest BCUT2D eigenvalue weighted by molar-refractivity contribution is 5.94. The molecule has 2 bridgehead atoms. The largest absolute Gasteiger partial charge is 0.471 e. The van der Waals surface area contributed by atoms with Crippen LogP contribution in [0.25, 0.3) is 0 Å². The molecule has 4 N–H and O–H groups in total. The van der Waals surface area contributed by atoms with E-state index in [1.807, 2.05) is 31.3 Å². The summed E-state index contributed by atoms with van der Waals surface area (Å²) >= 11 is 0. The Morgan fingerprint density at radius 1 is 0.932 bits per heavy atom. The van der Waals surface area contributed by atoms with Gasteiger partial charge in [0.2, 0.25) is 0 Å². The summed E-state index contributed by atoms with van der Waals surface area (Å²) in [6.45, 7) is 18.4. The predicted octanol–water partition coefficient (Wildman–Crippen LogP) is 5.96. The molecule has 17 nitrogen and oxygen atoms in total. The van der Waals surface area contributed by atoms with Crippen LogP contribution in [-0.4, -0.2) is 158 Å². The summed E-state index contributed by atoms with van der Waals surface area (Å²) < 4.78 is 105. The number of halogens is 3. The van der Waals surface area contributed by atoms with Crippen molar-refractivity contribution >= 4 is 17.8 Å². The molecule has 4 saturated heterocycles. The second-order valence-corrected chi connectivity index (χ2v) is 21.8. The number of carbonyl (C=O) groups excluding carboxylic acids is 3. The zero-order valence-electron chi connectivity index (χ0n) is 44.7. The molecule has 416 valence electrons. The maximum absolute atomic E-state index is 14.4. The van der Waals surface area contributed by atoms with Crippen LogP contribution in [0.2, 0.25) is 0 Å². The van der Waals surface area contributed by atoms with Gasteiger partial charge < -0.3 is 68.2 Å². The third-order valence-electron chi connectivity index (χ3n) is 16.1. The van der Waals surface area contributed by atoms with Crippen molar-refractivity contribution < 1.29 is 85.1 Å². The lowest BCUT2D eigenvalue weighted by Gasteiger charge is -2.50. The van der Waals surface area contributed by atoms with E-state index in [0.29, 0.717) is 24.0 Å². The Morgan fingerprint density at radius 3 is 2.31 bits per heavy atom. The number of alkyl halides is 3. The third kappa shape index (κ3) is 11.8. The van der Waals surface area contributed by atoms with Gasteiger partial charge in [-0.2, -0.15) is 13.2 Å². The Bertz CT molecular complexity index is 2190. The average Bonchev–Trinajstić information content (AvgIpc) is 3.68. The number of aliphatic hydroxyl groups excluding tert-OH is 1. The zero-order valence-corrected chi connectivity index (χ0v) is 44.7. The normalized spacial score (nSPS) is 44.2. The van der Waals surface area contributed by atoms with E-state index in [2.05, 4.69) is 38.2 Å². The standard InChI is InChI=1S/C54H79F3N2O15/c1-13-28(4)45-31(7)19-20-51(74-45)25-37-22-36(73-51)18-17-30(6)44(29(5)15-14-16-35-26-67-47-43(60)32(8)21-38(48(61)70-37)53(35,47)64)71-41-23-39(65-11)46(33(9)68-41)72-42-24-40(66-12)52(34(10)69-42,49(62)58-27(2)3)59-50(63)54(55,56)57/h14-17,19-21,27-29,31,33-34,36-47,60,64H,13,18,22-26H2,1-12H3,(H,58,62)(H,59,63)/b15-14+,30-17+,35-16+/t28?,29?,31-,33-,34-,36+,37-,38-,39-,40-,41?,42?,43+,44-,45+,46-,47+,51+,52-,53+/m0/s1. The molecule has 74 heavy (non-hydrogen) atoms. The van der Waals surface area contributed by atoms with Crippen molar-refractivity contribution in [1.82, 2.24) is 10.6 Å². The summed E-state index contributed by atoms with van der Waals surface area (Å²) in [5.74, 6) is -6.22. The minimum Gasteiger partial charge on any atom is -0.462 e. The summed E-state index contributed by atoms with van der Waals surface area (Å²) in [5.41, 5.74) is -2.43. The number of fused-ring (bicyclic) bond motifs is 2. The monoisotopic (exact) mass is 1050 g/mol. The summed E-state index contributed by atoms with van der Waals surface area (Å²) in [4.78, 5) is 40.5. The van der Waals surface area contributed by atoms with Crippen LogP contribution in [0, 0.1) is 23.7 Å². The number of hydrogen-bond acceptors (Lipinski definition) is 15. The number of nitrogens with one attached hydrogen (secondary N) is 2. The van der Waals surface area contributed by atoms with Crippen LogP contribution in [0.5, 0.6) is 0 Å². The first kappa shape index (κ1) is 58.1. The number of methoxy groups -OCH3 is 2. The summed E-state index contributed by atoms with van der Waals surface area (Å²) in [6, 6.07) is -0.491. The molecule has 7 rings (SSSR count). The maximum atomic E-state index is 14.4. The summed E-state index contributed by atoms with van der Waals surface area (Å²) in [6.07, 6.45) is -1.36. The van der Waals surface area contributed by atoms with Crippen LogP contribution in [0.3, 0.4) is 0 Å². The van der Waals surface area contributed by atoms with Crippen molar-refractivity contribution in [2.75, 3.05) is 20.8 Å². The van der Waals surface area contributed by atoms with Crippen LogP contribution in [0.1, 0.15) is 108 Å². The predicted molar refractivity (Wildman–Crippen MR) is 262 cm³/mol. The van der Waals surface area contributed by atoms with Crippen LogP contribution >= 0.6 is 0 Å². The lowest BCUT2D eigenvalue weighted by Crippen LogP contribution is -2.76. The van der Waals surface area contributed by atoms with Crippen molar-refractivity contribution in [2.45, 2.75) is 217 Å². The SMILES string of the molecule is CCC(C)[C@H]1O[C@]2(C=C[C@@H]1C)C[C@@H]1C[C@@H](C/C=C(\C)[C@@H](OC3C[C@H](OC)[C@@H](OC4C[C@H](OC)[C@](NC(=O)C(F)(F)F)(C(=O)NC(C)C)[C@H](C)O4)[C@H](C)O3)C(C)/C=C/C=C3\CO[C@@H]4[C@H](O)C(C)=C[C@@H](C(=O)O1)[C@]34O)O2. The van der Waals surface area contributed by atoms with Gasteiger partial charge in [-0.25, -0.2) is 0 Å². The van der Waals surface area contributed by atoms with Crippen molar-refractivity contribution in [3.8, 4) is 0 Å². The van der Waals surface area contributed by atoms with E-state index in [4.69, 9.17) is 47.4 Å². The molecular weight excluding hydrogens is 974 g/mol. The van der Waals surface area contributed by atoms with E-state index in [-0.39, 0.29) is 49.7 Å². The fourth-order valence-corrected chi connectivity index (χ4v) is 11.8. The lowest BCUT2D eigenvalue weighted by atomic mass is 9.71. The first-order chi connectivity index (χ1) is 34.8. The molecule has 2 amide bonds. The first-order valence-electron chi connectivity index (χ1n) is 26.2. The number of hydrogen-bond donors (Lipinski definition) is 4. The van der Waals surface area contributed by atoms with Gasteiger partial charge in [-0.1, -0.05) is 70.6 Å². The van der Waals surface area contributed by atoms with Crippen molar-refractivity contribution in [3.63, 3.8) is 0 Å². The highest BCUT2D eigenvalue weighted by Gasteiger charge is 2.62. The maximum Gasteiger partial charge on any atom is 0.471 e. The van der Waals surface area contributed by atoms with Gasteiger partial charge in [-0.3, -0.25) is 14.4 Å². The molecule has 20 atom stereocenters. The summed E-state index contributed by atoms with van der Waals surface area (Å²) in [7, 11) is 2.75. The fourth-order valence-electron chi connectivity index (χ4n) is 11.8. The molecule has 1 aliphatic carbocycles. The summed E-state index contributed by atoms with van der Waals surface area (Å²) in [5, 5.41) is 28.3. The van der Waals surface area contributed by atoms with Gasteiger partial charge in [0, 0.05) is 57.8 Å². The van der Waals surface area contributed by atoms with Crippen LogP contribution < -0.4 is 10.6 Å². The molecule has 1 spiro atoms. The zero-order chi connectivity index (χ0) is 54.2. The Labute approximate surface area is 432 Å². The molecule has 4 unspecified atom stereocenters. The molecule has 0 radical (unpaired) electrons. The van der Waals surface area contributed by atoms with E-state index in [1.54, 1.807) is 45.9 Å². The highest BCUT2D eigenvalue weighted by atomic mass is 19.4. The van der Waals surface area contributed by atoms with Gasteiger partial charge >= 0.3 is 18.1 Å². The van der Waals surface area contributed by atoms with Crippen molar-refractivity contribution in [3.05, 3.63) is 59.3 Å². The van der Waals surface area contributed by atoms with Gasteiger partial charge in [-0.15, -0.1) is 0 Å². The van der Waals surface area contributed by atoms with Gasteiger partial charge in [-0.05, 0) is 76.7 Å².